The van der Waals surface area contributed by atoms with E-state index < -0.39 is 0 Å². The van der Waals surface area contributed by atoms with Crippen LogP contribution < -0.4 is 5.32 Å². The Hall–Kier alpha value is -0.890. The third-order valence-electron chi connectivity index (χ3n) is 4.50. The van der Waals surface area contributed by atoms with E-state index in [0.29, 0.717) is 12.6 Å². The molecule has 1 nitrogen and oxygen atoms in total. The zero-order chi connectivity index (χ0) is 13.7. The smallest absolute Gasteiger partial charge is 0.127 e. The van der Waals surface area contributed by atoms with E-state index in [4.69, 9.17) is 0 Å². The van der Waals surface area contributed by atoms with E-state index in [1.165, 1.54) is 32.1 Å². The van der Waals surface area contributed by atoms with Crippen molar-refractivity contribution in [1.82, 2.24) is 5.32 Å². The molecule has 0 saturated heterocycles. The monoisotopic (exact) mass is 263 g/mol. The van der Waals surface area contributed by atoms with E-state index in [-0.39, 0.29) is 5.82 Å². The second-order valence-electron chi connectivity index (χ2n) is 6.18. The van der Waals surface area contributed by atoms with Crippen LogP contribution in [0.2, 0.25) is 0 Å². The van der Waals surface area contributed by atoms with Crippen molar-refractivity contribution in [2.45, 2.75) is 58.5 Å². The van der Waals surface area contributed by atoms with Gasteiger partial charge < -0.3 is 5.32 Å². The van der Waals surface area contributed by atoms with E-state index in [2.05, 4.69) is 19.2 Å². The summed E-state index contributed by atoms with van der Waals surface area (Å²) < 4.78 is 13.6. The van der Waals surface area contributed by atoms with E-state index in [1.54, 1.807) is 12.1 Å². The molecule has 106 valence electrons. The highest BCUT2D eigenvalue weighted by Gasteiger charge is 2.20. The third-order valence-corrected chi connectivity index (χ3v) is 4.50. The van der Waals surface area contributed by atoms with Crippen LogP contribution in [0, 0.1) is 17.7 Å². The van der Waals surface area contributed by atoms with Gasteiger partial charge in [-0.3, -0.25) is 0 Å². The minimum Gasteiger partial charge on any atom is -0.310 e. The fourth-order valence-corrected chi connectivity index (χ4v) is 3.10. The largest absolute Gasteiger partial charge is 0.310 e. The van der Waals surface area contributed by atoms with Gasteiger partial charge in [0.2, 0.25) is 0 Å². The highest BCUT2D eigenvalue weighted by Crippen LogP contribution is 2.28. The highest BCUT2D eigenvalue weighted by molar-refractivity contribution is 5.17. The summed E-state index contributed by atoms with van der Waals surface area (Å²) >= 11 is 0. The molecule has 0 heterocycles. The zero-order valence-corrected chi connectivity index (χ0v) is 12.2. The highest BCUT2D eigenvalue weighted by atomic mass is 19.1. The summed E-state index contributed by atoms with van der Waals surface area (Å²) in [5, 5.41) is 3.54. The Morgan fingerprint density at radius 2 is 1.95 bits per heavy atom. The maximum Gasteiger partial charge on any atom is 0.127 e. The van der Waals surface area contributed by atoms with E-state index in [1.807, 2.05) is 12.1 Å². The number of hydrogen-bond donors (Lipinski definition) is 1. The molecule has 2 unspecified atom stereocenters. The maximum atomic E-state index is 13.6. The van der Waals surface area contributed by atoms with Gasteiger partial charge in [-0.05, 0) is 37.2 Å². The lowest BCUT2D eigenvalue weighted by molar-refractivity contribution is 0.337. The molecule has 1 fully saturated rings. The summed E-state index contributed by atoms with van der Waals surface area (Å²) in [5.74, 6) is 1.58. The molecule has 1 aromatic carbocycles. The van der Waals surface area contributed by atoms with Crippen LogP contribution >= 0.6 is 0 Å². The van der Waals surface area contributed by atoms with Gasteiger partial charge in [0, 0.05) is 18.2 Å². The van der Waals surface area contributed by atoms with Gasteiger partial charge in [0.05, 0.1) is 0 Å². The van der Waals surface area contributed by atoms with Crippen molar-refractivity contribution in [2.24, 2.45) is 11.8 Å². The molecule has 1 aliphatic carbocycles. The van der Waals surface area contributed by atoms with Gasteiger partial charge in [-0.25, -0.2) is 4.39 Å². The number of benzene rings is 1. The van der Waals surface area contributed by atoms with Gasteiger partial charge in [-0.1, -0.05) is 44.9 Å². The predicted octanol–water partition coefficient (Wildman–Crippen LogP) is 4.52. The normalized spacial score (nSPS) is 24.4. The number of nitrogens with one attached hydrogen (secondary N) is 1. The Morgan fingerprint density at radius 3 is 2.68 bits per heavy atom. The molecule has 1 saturated carbocycles. The quantitative estimate of drug-likeness (QED) is 0.788. The van der Waals surface area contributed by atoms with Gasteiger partial charge in [-0.2, -0.15) is 0 Å². The summed E-state index contributed by atoms with van der Waals surface area (Å²) in [6.07, 6.45) is 6.44. The fourth-order valence-electron chi connectivity index (χ4n) is 3.10. The number of rotatable bonds is 4. The molecule has 0 aliphatic heterocycles. The first kappa shape index (κ1) is 14.5. The summed E-state index contributed by atoms with van der Waals surface area (Å²) in [6.45, 7) is 5.32. The summed E-state index contributed by atoms with van der Waals surface area (Å²) in [7, 11) is 0. The van der Waals surface area contributed by atoms with Crippen molar-refractivity contribution in [2.75, 3.05) is 0 Å². The molecule has 1 aromatic rings. The van der Waals surface area contributed by atoms with Gasteiger partial charge in [0.25, 0.3) is 0 Å². The molecule has 0 spiro atoms. The summed E-state index contributed by atoms with van der Waals surface area (Å²) in [4.78, 5) is 0. The van der Waals surface area contributed by atoms with Crippen LogP contribution in [0.25, 0.3) is 0 Å². The van der Waals surface area contributed by atoms with Crippen LogP contribution in [0.5, 0.6) is 0 Å². The molecule has 2 atom stereocenters. The van der Waals surface area contributed by atoms with Crippen LogP contribution in [0.4, 0.5) is 4.39 Å². The summed E-state index contributed by atoms with van der Waals surface area (Å²) in [5.41, 5.74) is 0.784. The Bertz CT molecular complexity index is 389. The average molecular weight is 263 g/mol. The van der Waals surface area contributed by atoms with E-state index in [9.17, 15) is 4.39 Å². The molecule has 0 amide bonds. The molecular formula is C17H26FN. The maximum absolute atomic E-state index is 13.6. The Labute approximate surface area is 116 Å². The molecule has 2 heteroatoms. The SMILES string of the molecule is CC(C)C1CCCC(NCc2ccccc2F)CC1. The minimum absolute atomic E-state index is 0.0938. The van der Waals surface area contributed by atoms with Crippen LogP contribution in [0.15, 0.2) is 24.3 Å². The molecular weight excluding hydrogens is 237 g/mol. The lowest BCUT2D eigenvalue weighted by atomic mass is 9.89. The van der Waals surface area contributed by atoms with Gasteiger partial charge in [-0.15, -0.1) is 0 Å². The Balaban J connectivity index is 1.82. The van der Waals surface area contributed by atoms with Crippen molar-refractivity contribution < 1.29 is 4.39 Å². The minimum atomic E-state index is -0.0938. The van der Waals surface area contributed by atoms with E-state index in [0.717, 1.165) is 17.4 Å². The molecule has 0 bridgehead atoms. The van der Waals surface area contributed by atoms with Crippen LogP contribution in [-0.4, -0.2) is 6.04 Å². The molecule has 2 rings (SSSR count). The number of hydrogen-bond acceptors (Lipinski definition) is 1. The lowest BCUT2D eigenvalue weighted by Crippen LogP contribution is -2.28. The van der Waals surface area contributed by atoms with Gasteiger partial charge in [0.1, 0.15) is 5.82 Å². The van der Waals surface area contributed by atoms with E-state index >= 15 is 0 Å². The zero-order valence-electron chi connectivity index (χ0n) is 12.2. The van der Waals surface area contributed by atoms with Crippen molar-refractivity contribution in [3.63, 3.8) is 0 Å². The van der Waals surface area contributed by atoms with Crippen LogP contribution in [-0.2, 0) is 6.54 Å². The third kappa shape index (κ3) is 4.31. The van der Waals surface area contributed by atoms with Crippen LogP contribution in [0.1, 0.15) is 51.5 Å². The predicted molar refractivity (Wildman–Crippen MR) is 78.4 cm³/mol. The van der Waals surface area contributed by atoms with Crippen LogP contribution in [0.3, 0.4) is 0 Å². The second kappa shape index (κ2) is 7.04. The Kier molecular flexibility index (Phi) is 5.38. The number of halogens is 1. The van der Waals surface area contributed by atoms with Gasteiger partial charge in [0.15, 0.2) is 0 Å². The molecule has 1 aliphatic rings. The first-order chi connectivity index (χ1) is 9.16. The van der Waals surface area contributed by atoms with Crippen molar-refractivity contribution in [3.8, 4) is 0 Å². The first-order valence-corrected chi connectivity index (χ1v) is 7.63. The van der Waals surface area contributed by atoms with Gasteiger partial charge >= 0.3 is 0 Å². The lowest BCUT2D eigenvalue weighted by Gasteiger charge is -2.19. The van der Waals surface area contributed by atoms with Crippen molar-refractivity contribution >= 4 is 0 Å². The molecule has 1 N–H and O–H groups in total. The fraction of sp³-hybridized carbons (Fsp3) is 0.647. The first-order valence-electron chi connectivity index (χ1n) is 7.63. The second-order valence-corrected chi connectivity index (χ2v) is 6.18. The molecule has 19 heavy (non-hydrogen) atoms. The van der Waals surface area contributed by atoms with Crippen molar-refractivity contribution in [1.29, 1.82) is 0 Å². The average Bonchev–Trinajstić information content (AvgIpc) is 2.63. The molecule has 0 aromatic heterocycles. The summed E-state index contributed by atoms with van der Waals surface area (Å²) in [6, 6.07) is 7.62. The topological polar surface area (TPSA) is 12.0 Å². The standard InChI is InChI=1S/C17H26FN/c1-13(2)14-7-5-8-16(11-10-14)19-12-15-6-3-4-9-17(15)18/h3-4,6,9,13-14,16,19H,5,7-8,10-12H2,1-2H3. The molecule has 0 radical (unpaired) electrons. The van der Waals surface area contributed by atoms with Crippen molar-refractivity contribution in [3.05, 3.63) is 35.6 Å². The Morgan fingerprint density at radius 1 is 1.16 bits per heavy atom.